The summed E-state index contributed by atoms with van der Waals surface area (Å²) in [6.07, 6.45) is 3.02. The van der Waals surface area contributed by atoms with Crippen molar-refractivity contribution in [2.45, 2.75) is 49.7 Å². The van der Waals surface area contributed by atoms with Crippen molar-refractivity contribution in [3.05, 3.63) is 94.8 Å². The average molecular weight is 586 g/mol. The molecule has 3 unspecified atom stereocenters. The molecule has 3 atom stereocenters. The highest BCUT2D eigenvalue weighted by Crippen LogP contribution is 2.38. The highest BCUT2D eigenvalue weighted by Gasteiger charge is 2.36. The number of rotatable bonds is 9. The molecule has 1 aliphatic heterocycles. The van der Waals surface area contributed by atoms with Gasteiger partial charge in [-0.05, 0) is 96.1 Å². The molecule has 1 aliphatic carbocycles. The van der Waals surface area contributed by atoms with Gasteiger partial charge in [-0.1, -0.05) is 24.3 Å². The Morgan fingerprint density at radius 3 is 2.51 bits per heavy atom. The fourth-order valence-corrected chi connectivity index (χ4v) is 6.55. The third-order valence-electron chi connectivity index (χ3n) is 8.06. The normalized spacial score (nSPS) is 19.0. The number of aryl methyl sites for hydroxylation is 1. The van der Waals surface area contributed by atoms with Crippen LogP contribution < -0.4 is 15.5 Å². The minimum atomic E-state index is -4.69. The van der Waals surface area contributed by atoms with Crippen molar-refractivity contribution in [3.63, 3.8) is 0 Å². The lowest BCUT2D eigenvalue weighted by Gasteiger charge is -2.33. The number of alkyl halides is 3. The molecule has 0 bridgehead atoms. The lowest BCUT2D eigenvalue weighted by molar-refractivity contribution is -0.138. The number of nitrogens with one attached hydrogen (secondary N) is 2. The van der Waals surface area contributed by atoms with Gasteiger partial charge in [0.25, 0.3) is 5.91 Å². The molecule has 218 valence electrons. The van der Waals surface area contributed by atoms with E-state index in [1.165, 1.54) is 23.9 Å². The van der Waals surface area contributed by atoms with E-state index in [0.29, 0.717) is 30.9 Å². The number of hydrogen-bond donors (Lipinski definition) is 2. The number of piperidine rings is 1. The Morgan fingerprint density at radius 1 is 1.07 bits per heavy atom. The summed E-state index contributed by atoms with van der Waals surface area (Å²) in [6, 6.07) is 13.5. The number of pyridine rings is 1. The molecule has 1 aromatic heterocycles. The van der Waals surface area contributed by atoms with Crippen LogP contribution >= 0.6 is 0 Å². The van der Waals surface area contributed by atoms with Crippen molar-refractivity contribution < 1.29 is 26.7 Å². The van der Waals surface area contributed by atoms with E-state index in [-0.39, 0.29) is 11.5 Å². The van der Waals surface area contributed by atoms with Crippen LogP contribution in [0.3, 0.4) is 0 Å². The molecule has 2 aromatic carbocycles. The van der Waals surface area contributed by atoms with Crippen LogP contribution in [0.1, 0.15) is 69.7 Å². The third-order valence-corrected chi connectivity index (χ3v) is 8.83. The predicted octanol–water partition coefficient (Wildman–Crippen LogP) is 5.29. The zero-order chi connectivity index (χ0) is 29.0. The van der Waals surface area contributed by atoms with Gasteiger partial charge in [-0.2, -0.15) is 13.2 Å². The topological polar surface area (TPSA) is 97.4 Å². The van der Waals surface area contributed by atoms with Crippen molar-refractivity contribution in [1.29, 1.82) is 0 Å². The number of carbonyl (C=O) groups is 1. The predicted molar refractivity (Wildman–Crippen MR) is 150 cm³/mol. The summed E-state index contributed by atoms with van der Waals surface area (Å²) in [6.45, 7) is 2.47. The number of aromatic nitrogens is 1. The van der Waals surface area contributed by atoms with Gasteiger partial charge in [0.1, 0.15) is 0 Å². The Hall–Kier alpha value is -3.28. The maximum Gasteiger partial charge on any atom is 0.416 e. The lowest BCUT2D eigenvalue weighted by Crippen LogP contribution is -2.35. The Morgan fingerprint density at radius 2 is 1.80 bits per heavy atom. The van der Waals surface area contributed by atoms with Crippen LogP contribution in [0.4, 0.5) is 18.9 Å². The number of fused-ring (bicyclic) bond motifs is 1. The molecule has 1 fully saturated rings. The molecule has 5 rings (SSSR count). The van der Waals surface area contributed by atoms with E-state index in [2.05, 4.69) is 20.5 Å². The van der Waals surface area contributed by atoms with E-state index < -0.39 is 34.2 Å². The second kappa shape index (κ2) is 12.7. The molecule has 11 heteroatoms. The first-order valence-electron chi connectivity index (χ1n) is 13.8. The third kappa shape index (κ3) is 6.97. The molecule has 0 spiro atoms. The molecule has 2 N–H and O–H groups in total. The average Bonchev–Trinajstić information content (AvgIpc) is 3.38. The number of nitrogens with zero attached hydrogens (tertiary/aromatic N) is 2. The molecule has 0 radical (unpaired) electrons. The van der Waals surface area contributed by atoms with Gasteiger partial charge in [-0.15, -0.1) is 0 Å². The first-order chi connectivity index (χ1) is 19.7. The first-order valence-corrected chi connectivity index (χ1v) is 14.9. The second-order valence-corrected chi connectivity index (χ2v) is 11.6. The summed E-state index contributed by atoms with van der Waals surface area (Å²) in [7, 11) is 0. The Balaban J connectivity index is 1.19. The number of benzene rings is 2. The van der Waals surface area contributed by atoms with Crippen LogP contribution in [-0.4, -0.2) is 39.3 Å². The molecular weight excluding hydrogens is 553 g/mol. The van der Waals surface area contributed by atoms with E-state index in [9.17, 15) is 26.7 Å². The van der Waals surface area contributed by atoms with Gasteiger partial charge in [-0.3, -0.25) is 19.3 Å². The number of carbonyl (C=O) groups excluding carboxylic acids is 1. The minimum absolute atomic E-state index is 0.223. The van der Waals surface area contributed by atoms with E-state index in [4.69, 9.17) is 0 Å². The molecular formula is C30H32F3N4O3S-. The number of anilines is 1. The van der Waals surface area contributed by atoms with Gasteiger partial charge in [0.05, 0.1) is 10.9 Å². The largest absolute Gasteiger partial charge is 0.771 e. The summed E-state index contributed by atoms with van der Waals surface area (Å²) < 4.78 is 65.0. The van der Waals surface area contributed by atoms with Crippen molar-refractivity contribution in [2.24, 2.45) is 5.92 Å². The van der Waals surface area contributed by atoms with Crippen LogP contribution in [-0.2, 0) is 23.7 Å². The molecule has 2 aliphatic rings. The summed E-state index contributed by atoms with van der Waals surface area (Å²) in [5.41, 5.74) is 1.97. The molecule has 1 saturated heterocycles. The second-order valence-electron chi connectivity index (χ2n) is 10.6. The molecule has 41 heavy (non-hydrogen) atoms. The molecule has 7 nitrogen and oxygen atoms in total. The van der Waals surface area contributed by atoms with Crippen molar-refractivity contribution >= 4 is 22.7 Å². The standard InChI is InChI=1S/C30H33F3N4O3S/c31-30(32,33)26-4-2-1-3-24(26)29(41(39)40)36-27-8-7-21-5-6-22(19-25(21)27)28(38)35-16-9-20-12-17-37(18-13-20)23-10-14-34-15-11-23/h1-6,10-11,14-15,19-20,27,29,36H,7-9,12-13,16-18H2,(H,35,38)(H,39,40)/p-1. The van der Waals surface area contributed by atoms with Crippen LogP contribution in [0.2, 0.25) is 0 Å². The maximum absolute atomic E-state index is 13.6. The summed E-state index contributed by atoms with van der Waals surface area (Å²) in [4.78, 5) is 19.4. The Kier molecular flexibility index (Phi) is 9.06. The van der Waals surface area contributed by atoms with Crippen molar-refractivity contribution in [1.82, 2.24) is 15.6 Å². The molecule has 1 amide bonds. The van der Waals surface area contributed by atoms with Gasteiger partial charge >= 0.3 is 6.18 Å². The number of halogens is 3. The smallest absolute Gasteiger partial charge is 0.416 e. The zero-order valence-corrected chi connectivity index (χ0v) is 23.2. The number of hydrogen-bond acceptors (Lipinski definition) is 6. The summed E-state index contributed by atoms with van der Waals surface area (Å²) in [5, 5.41) is 4.37. The van der Waals surface area contributed by atoms with Gasteiger partial charge in [-0.25, -0.2) is 0 Å². The van der Waals surface area contributed by atoms with Gasteiger partial charge in [0.15, 0.2) is 0 Å². The van der Waals surface area contributed by atoms with Crippen molar-refractivity contribution in [3.8, 4) is 0 Å². The highest BCUT2D eigenvalue weighted by molar-refractivity contribution is 7.79. The molecule has 2 heterocycles. The van der Waals surface area contributed by atoms with Crippen LogP contribution in [0, 0.1) is 5.92 Å². The highest BCUT2D eigenvalue weighted by atomic mass is 32.2. The SMILES string of the molecule is O=C(NCCC1CCN(c2ccncc2)CC1)c1ccc2c(c1)C(NC(c1ccccc1C(F)(F)F)S(=O)[O-])CC2. The van der Waals surface area contributed by atoms with E-state index in [1.807, 2.05) is 18.2 Å². The van der Waals surface area contributed by atoms with Gasteiger partial charge in [0.2, 0.25) is 0 Å². The van der Waals surface area contributed by atoms with Gasteiger partial charge < -0.3 is 14.8 Å². The van der Waals surface area contributed by atoms with Crippen LogP contribution in [0.5, 0.6) is 0 Å². The van der Waals surface area contributed by atoms with E-state index in [0.717, 1.165) is 49.5 Å². The molecule has 3 aromatic rings. The van der Waals surface area contributed by atoms with Gasteiger partial charge in [0, 0.05) is 49.3 Å². The Bertz CT molecular complexity index is 1380. The lowest BCUT2D eigenvalue weighted by atomic mass is 9.93. The quantitative estimate of drug-likeness (QED) is 0.331. The summed E-state index contributed by atoms with van der Waals surface area (Å²) >= 11 is -2.85. The monoisotopic (exact) mass is 585 g/mol. The van der Waals surface area contributed by atoms with Crippen LogP contribution in [0.25, 0.3) is 0 Å². The molecule has 0 saturated carbocycles. The first kappa shape index (κ1) is 29.2. The Labute approximate surface area is 239 Å². The van der Waals surface area contributed by atoms with Crippen molar-refractivity contribution in [2.75, 3.05) is 24.5 Å². The zero-order valence-electron chi connectivity index (χ0n) is 22.4. The minimum Gasteiger partial charge on any atom is -0.771 e. The van der Waals surface area contributed by atoms with Crippen LogP contribution in [0.15, 0.2) is 67.0 Å². The van der Waals surface area contributed by atoms with E-state index in [1.54, 1.807) is 24.5 Å². The van der Waals surface area contributed by atoms with E-state index >= 15 is 0 Å². The fraction of sp³-hybridized carbons (Fsp3) is 0.400. The number of amides is 1. The summed E-state index contributed by atoms with van der Waals surface area (Å²) in [5.74, 6) is 0.297. The maximum atomic E-state index is 13.6. The fourth-order valence-electron chi connectivity index (χ4n) is 5.86.